The van der Waals surface area contributed by atoms with Crippen LogP contribution in [0.5, 0.6) is 0 Å². The van der Waals surface area contributed by atoms with Crippen molar-refractivity contribution in [1.29, 1.82) is 0 Å². The van der Waals surface area contributed by atoms with E-state index in [-0.39, 0.29) is 18.3 Å². The van der Waals surface area contributed by atoms with Crippen molar-refractivity contribution in [3.8, 4) is 0 Å². The molecular weight excluding hydrogens is 230 g/mol. The van der Waals surface area contributed by atoms with Gasteiger partial charge in [0.05, 0.1) is 10.9 Å². The maximum atomic E-state index is 12.1. The Kier molecular flexibility index (Phi) is 3.27. The van der Waals surface area contributed by atoms with Crippen molar-refractivity contribution < 1.29 is 18.3 Å². The third kappa shape index (κ3) is 2.11. The van der Waals surface area contributed by atoms with Gasteiger partial charge in [-0.05, 0) is 19.3 Å². The molecule has 0 radical (unpaired) electrons. The number of aliphatic hydroxyl groups is 1. The Labute approximate surface area is 96.4 Å². The highest BCUT2D eigenvalue weighted by atomic mass is 32.2. The molecule has 2 aliphatic rings. The first-order valence-corrected chi connectivity index (χ1v) is 7.27. The van der Waals surface area contributed by atoms with Crippen molar-refractivity contribution in [2.24, 2.45) is 0 Å². The molecular formula is C10H19NO4S. The Balaban J connectivity index is 1.99. The predicted octanol–water partition coefficient (Wildman–Crippen LogP) is -0.0481. The zero-order chi connectivity index (χ0) is 11.8. The van der Waals surface area contributed by atoms with E-state index < -0.39 is 15.6 Å². The lowest BCUT2D eigenvalue weighted by Crippen LogP contribution is -2.64. The minimum atomic E-state index is -3.21. The highest BCUT2D eigenvalue weighted by molar-refractivity contribution is 7.89. The summed E-state index contributed by atoms with van der Waals surface area (Å²) in [7, 11) is -3.21. The summed E-state index contributed by atoms with van der Waals surface area (Å²) in [5.41, 5.74) is -0.793. The van der Waals surface area contributed by atoms with Crippen molar-refractivity contribution in [2.75, 3.05) is 26.3 Å². The van der Waals surface area contributed by atoms with Gasteiger partial charge in [-0.15, -0.1) is 0 Å². The highest BCUT2D eigenvalue weighted by Gasteiger charge is 2.47. The van der Waals surface area contributed by atoms with E-state index in [0.29, 0.717) is 32.5 Å². The maximum Gasteiger partial charge on any atom is 0.217 e. The van der Waals surface area contributed by atoms with Gasteiger partial charge in [-0.1, -0.05) is 6.92 Å². The molecule has 2 rings (SSSR count). The van der Waals surface area contributed by atoms with Crippen LogP contribution in [0.3, 0.4) is 0 Å². The summed E-state index contributed by atoms with van der Waals surface area (Å²) in [4.78, 5) is 0. The summed E-state index contributed by atoms with van der Waals surface area (Å²) in [6.45, 7) is 3.43. The first kappa shape index (κ1) is 12.3. The molecule has 0 amide bonds. The summed E-state index contributed by atoms with van der Waals surface area (Å²) in [5.74, 6) is 0. The summed E-state index contributed by atoms with van der Waals surface area (Å²) < 4.78 is 30.8. The zero-order valence-corrected chi connectivity index (χ0v) is 10.4. The van der Waals surface area contributed by atoms with Crippen LogP contribution in [0, 0.1) is 0 Å². The van der Waals surface area contributed by atoms with E-state index in [1.165, 1.54) is 4.31 Å². The van der Waals surface area contributed by atoms with Gasteiger partial charge in [0, 0.05) is 26.3 Å². The van der Waals surface area contributed by atoms with Crippen molar-refractivity contribution in [3.63, 3.8) is 0 Å². The van der Waals surface area contributed by atoms with Crippen LogP contribution in [-0.2, 0) is 14.8 Å². The second-order valence-corrected chi connectivity index (χ2v) is 6.92. The third-order valence-electron chi connectivity index (χ3n) is 3.55. The molecule has 0 atom stereocenters. The van der Waals surface area contributed by atoms with E-state index in [1.54, 1.807) is 0 Å². The first-order valence-electron chi connectivity index (χ1n) is 5.77. The SMILES string of the molecule is CCC1(O)CN(S(=O)(=O)C2CCOCC2)C1. The number of rotatable bonds is 3. The first-order chi connectivity index (χ1) is 7.48. The van der Waals surface area contributed by atoms with E-state index in [2.05, 4.69) is 0 Å². The Morgan fingerprint density at radius 2 is 1.94 bits per heavy atom. The van der Waals surface area contributed by atoms with Crippen LogP contribution in [0.25, 0.3) is 0 Å². The van der Waals surface area contributed by atoms with Crippen LogP contribution in [0.4, 0.5) is 0 Å². The van der Waals surface area contributed by atoms with Crippen LogP contribution >= 0.6 is 0 Å². The van der Waals surface area contributed by atoms with Gasteiger partial charge in [0.1, 0.15) is 0 Å². The fraction of sp³-hybridized carbons (Fsp3) is 1.00. The quantitative estimate of drug-likeness (QED) is 0.761. The van der Waals surface area contributed by atoms with Crippen LogP contribution in [-0.4, -0.2) is 55.0 Å². The molecule has 0 bridgehead atoms. The van der Waals surface area contributed by atoms with Gasteiger partial charge in [0.25, 0.3) is 0 Å². The highest BCUT2D eigenvalue weighted by Crippen LogP contribution is 2.30. The lowest BCUT2D eigenvalue weighted by Gasteiger charge is -2.46. The summed E-state index contributed by atoms with van der Waals surface area (Å²) in [6, 6.07) is 0. The van der Waals surface area contributed by atoms with E-state index >= 15 is 0 Å². The smallest absolute Gasteiger partial charge is 0.217 e. The minimum absolute atomic E-state index is 0.253. The number of hydrogen-bond acceptors (Lipinski definition) is 4. The molecule has 0 spiro atoms. The lowest BCUT2D eigenvalue weighted by atomic mass is 9.94. The van der Waals surface area contributed by atoms with Gasteiger partial charge in [0.15, 0.2) is 0 Å². The van der Waals surface area contributed by atoms with Gasteiger partial charge in [-0.3, -0.25) is 0 Å². The van der Waals surface area contributed by atoms with Crippen molar-refractivity contribution >= 4 is 10.0 Å². The minimum Gasteiger partial charge on any atom is -0.387 e. The molecule has 0 saturated carbocycles. The largest absolute Gasteiger partial charge is 0.387 e. The van der Waals surface area contributed by atoms with Gasteiger partial charge in [-0.25, -0.2) is 8.42 Å². The zero-order valence-electron chi connectivity index (χ0n) is 9.55. The van der Waals surface area contributed by atoms with E-state index in [4.69, 9.17) is 4.74 Å². The summed E-state index contributed by atoms with van der Waals surface area (Å²) in [5, 5.41) is 9.50. The maximum absolute atomic E-state index is 12.1. The second kappa shape index (κ2) is 4.25. The average molecular weight is 249 g/mol. The van der Waals surface area contributed by atoms with E-state index in [9.17, 15) is 13.5 Å². The average Bonchev–Trinajstić information content (AvgIpc) is 2.26. The second-order valence-electron chi connectivity index (χ2n) is 4.70. The number of sulfonamides is 1. The van der Waals surface area contributed by atoms with Crippen LogP contribution in [0.1, 0.15) is 26.2 Å². The molecule has 94 valence electrons. The molecule has 0 aliphatic carbocycles. The fourth-order valence-electron chi connectivity index (χ4n) is 2.20. The molecule has 2 saturated heterocycles. The normalized spacial score (nSPS) is 27.6. The summed E-state index contributed by atoms with van der Waals surface area (Å²) >= 11 is 0. The van der Waals surface area contributed by atoms with Crippen LogP contribution in [0.15, 0.2) is 0 Å². The van der Waals surface area contributed by atoms with Gasteiger partial charge >= 0.3 is 0 Å². The Bertz CT molecular complexity index is 342. The van der Waals surface area contributed by atoms with Crippen LogP contribution < -0.4 is 0 Å². The van der Waals surface area contributed by atoms with Crippen molar-refractivity contribution in [2.45, 2.75) is 37.0 Å². The monoisotopic (exact) mass is 249 g/mol. The fourth-order valence-corrected chi connectivity index (χ4v) is 4.25. The third-order valence-corrected chi connectivity index (χ3v) is 5.84. The Morgan fingerprint density at radius 1 is 1.38 bits per heavy atom. The number of ether oxygens (including phenoxy) is 1. The molecule has 0 aromatic heterocycles. The topological polar surface area (TPSA) is 66.8 Å². The Morgan fingerprint density at radius 3 is 2.44 bits per heavy atom. The Hall–Kier alpha value is -0.170. The molecule has 2 heterocycles. The van der Waals surface area contributed by atoms with E-state index in [0.717, 1.165) is 0 Å². The molecule has 0 aromatic rings. The molecule has 1 N–H and O–H groups in total. The number of nitrogens with zero attached hydrogens (tertiary/aromatic N) is 1. The van der Waals surface area contributed by atoms with Crippen molar-refractivity contribution in [3.05, 3.63) is 0 Å². The number of β-amino-alcohol motifs (C(OH)–C–C–N with tert-alkyl or cyclic N) is 1. The summed E-state index contributed by atoms with van der Waals surface area (Å²) in [6.07, 6.45) is 1.75. The molecule has 0 unspecified atom stereocenters. The molecule has 16 heavy (non-hydrogen) atoms. The molecule has 0 aromatic carbocycles. The van der Waals surface area contributed by atoms with Gasteiger partial charge in [0.2, 0.25) is 10.0 Å². The standard InChI is InChI=1S/C10H19NO4S/c1-2-10(12)7-11(8-10)16(13,14)9-3-5-15-6-4-9/h9,12H,2-8H2,1H3. The van der Waals surface area contributed by atoms with Gasteiger partial charge in [-0.2, -0.15) is 4.31 Å². The lowest BCUT2D eigenvalue weighted by molar-refractivity contribution is -0.0621. The predicted molar refractivity (Wildman–Crippen MR) is 59.6 cm³/mol. The van der Waals surface area contributed by atoms with Gasteiger partial charge < -0.3 is 9.84 Å². The van der Waals surface area contributed by atoms with Crippen molar-refractivity contribution in [1.82, 2.24) is 4.31 Å². The van der Waals surface area contributed by atoms with Crippen LogP contribution in [0.2, 0.25) is 0 Å². The molecule has 6 heteroatoms. The molecule has 2 aliphatic heterocycles. The molecule has 2 fully saturated rings. The number of hydrogen-bond donors (Lipinski definition) is 1. The van der Waals surface area contributed by atoms with E-state index in [1.807, 2.05) is 6.92 Å². The molecule has 5 nitrogen and oxygen atoms in total.